The molecular formula is C17H20N2O. The molecule has 0 aliphatic carbocycles. The summed E-state index contributed by atoms with van der Waals surface area (Å²) in [6.07, 6.45) is 0.407. The van der Waals surface area contributed by atoms with Gasteiger partial charge in [0.1, 0.15) is 0 Å². The molecule has 0 heterocycles. The molecule has 0 aliphatic heterocycles. The van der Waals surface area contributed by atoms with Gasteiger partial charge in [-0.15, -0.1) is 0 Å². The van der Waals surface area contributed by atoms with E-state index in [0.717, 1.165) is 11.3 Å². The zero-order valence-corrected chi connectivity index (χ0v) is 12.0. The third-order valence-corrected chi connectivity index (χ3v) is 3.24. The number of nitrogens with zero attached hydrogens (tertiary/aromatic N) is 1. The van der Waals surface area contributed by atoms with Crippen LogP contribution in [0.1, 0.15) is 18.1 Å². The van der Waals surface area contributed by atoms with Crippen LogP contribution < -0.4 is 10.6 Å². The standard InChI is InChI=1S/C17H20N2O/c1-3-19(16-9-5-8-15(18)12-16)17(20)11-14-7-4-6-13(2)10-14/h4-10,12H,3,11,18H2,1-2H3. The van der Waals surface area contributed by atoms with Gasteiger partial charge in [-0.2, -0.15) is 0 Å². The summed E-state index contributed by atoms with van der Waals surface area (Å²) in [6, 6.07) is 15.5. The van der Waals surface area contributed by atoms with Crippen LogP contribution in [0.15, 0.2) is 48.5 Å². The number of carbonyl (C=O) groups excluding carboxylic acids is 1. The lowest BCUT2D eigenvalue weighted by Gasteiger charge is -2.21. The first-order valence-corrected chi connectivity index (χ1v) is 6.81. The number of nitrogens with two attached hydrogens (primary N) is 1. The summed E-state index contributed by atoms with van der Waals surface area (Å²) in [6.45, 7) is 4.63. The molecular weight excluding hydrogens is 248 g/mol. The van der Waals surface area contributed by atoms with Gasteiger partial charge in [0.15, 0.2) is 0 Å². The fourth-order valence-electron chi connectivity index (χ4n) is 2.29. The topological polar surface area (TPSA) is 46.3 Å². The number of hydrogen-bond donors (Lipinski definition) is 1. The van der Waals surface area contributed by atoms with Gasteiger partial charge in [-0.25, -0.2) is 0 Å². The van der Waals surface area contributed by atoms with E-state index < -0.39 is 0 Å². The molecule has 0 bridgehead atoms. The van der Waals surface area contributed by atoms with Crippen LogP contribution >= 0.6 is 0 Å². The number of hydrogen-bond acceptors (Lipinski definition) is 2. The minimum absolute atomic E-state index is 0.0868. The minimum Gasteiger partial charge on any atom is -0.399 e. The molecule has 2 rings (SSSR count). The highest BCUT2D eigenvalue weighted by molar-refractivity contribution is 5.95. The van der Waals surface area contributed by atoms with Crippen molar-refractivity contribution >= 4 is 17.3 Å². The summed E-state index contributed by atoms with van der Waals surface area (Å²) in [5.74, 6) is 0.0868. The van der Waals surface area contributed by atoms with Gasteiger partial charge < -0.3 is 10.6 Å². The van der Waals surface area contributed by atoms with Gasteiger partial charge in [0.25, 0.3) is 0 Å². The largest absolute Gasteiger partial charge is 0.399 e. The quantitative estimate of drug-likeness (QED) is 0.866. The van der Waals surface area contributed by atoms with E-state index in [1.807, 2.05) is 62.4 Å². The molecule has 0 saturated heterocycles. The third kappa shape index (κ3) is 3.38. The van der Waals surface area contributed by atoms with Crippen LogP contribution in [-0.4, -0.2) is 12.5 Å². The van der Waals surface area contributed by atoms with Crippen LogP contribution in [0.25, 0.3) is 0 Å². The number of amides is 1. The lowest BCUT2D eigenvalue weighted by Crippen LogP contribution is -2.32. The fourth-order valence-corrected chi connectivity index (χ4v) is 2.29. The molecule has 2 N–H and O–H groups in total. The molecule has 20 heavy (non-hydrogen) atoms. The maximum atomic E-state index is 12.5. The van der Waals surface area contributed by atoms with Crippen molar-refractivity contribution in [2.45, 2.75) is 20.3 Å². The van der Waals surface area contributed by atoms with Gasteiger partial charge in [0.05, 0.1) is 6.42 Å². The van der Waals surface area contributed by atoms with Gasteiger partial charge in [0.2, 0.25) is 5.91 Å². The Morgan fingerprint density at radius 2 is 1.90 bits per heavy atom. The van der Waals surface area contributed by atoms with Crippen molar-refractivity contribution in [3.63, 3.8) is 0 Å². The van der Waals surface area contributed by atoms with Crippen molar-refractivity contribution < 1.29 is 4.79 Å². The summed E-state index contributed by atoms with van der Waals surface area (Å²) < 4.78 is 0. The van der Waals surface area contributed by atoms with Gasteiger partial charge in [-0.05, 0) is 37.6 Å². The van der Waals surface area contributed by atoms with Crippen molar-refractivity contribution in [2.24, 2.45) is 0 Å². The number of nitrogen functional groups attached to an aromatic ring is 1. The Hall–Kier alpha value is -2.29. The second-order valence-corrected chi connectivity index (χ2v) is 4.90. The van der Waals surface area contributed by atoms with E-state index >= 15 is 0 Å². The molecule has 0 fully saturated rings. The van der Waals surface area contributed by atoms with Gasteiger partial charge in [0, 0.05) is 17.9 Å². The first-order chi connectivity index (χ1) is 9.60. The van der Waals surface area contributed by atoms with Crippen LogP contribution in [-0.2, 0) is 11.2 Å². The summed E-state index contributed by atoms with van der Waals surface area (Å²) >= 11 is 0. The molecule has 3 nitrogen and oxygen atoms in total. The van der Waals surface area contributed by atoms with Gasteiger partial charge >= 0.3 is 0 Å². The highest BCUT2D eigenvalue weighted by Gasteiger charge is 2.14. The summed E-state index contributed by atoms with van der Waals surface area (Å²) in [5.41, 5.74) is 9.52. The molecule has 2 aromatic rings. The van der Waals surface area contributed by atoms with Crippen molar-refractivity contribution in [2.75, 3.05) is 17.2 Å². The van der Waals surface area contributed by atoms with E-state index in [1.165, 1.54) is 5.56 Å². The van der Waals surface area contributed by atoms with Crippen molar-refractivity contribution in [3.05, 3.63) is 59.7 Å². The van der Waals surface area contributed by atoms with Crippen LogP contribution in [0.2, 0.25) is 0 Å². The van der Waals surface area contributed by atoms with E-state index in [-0.39, 0.29) is 5.91 Å². The maximum absolute atomic E-state index is 12.5. The van der Waals surface area contributed by atoms with Crippen molar-refractivity contribution in [3.8, 4) is 0 Å². The molecule has 104 valence electrons. The summed E-state index contributed by atoms with van der Waals surface area (Å²) in [4.78, 5) is 14.2. The predicted octanol–water partition coefficient (Wildman–Crippen LogP) is 3.17. The van der Waals surface area contributed by atoms with Crippen LogP contribution in [0.4, 0.5) is 11.4 Å². The molecule has 0 radical (unpaired) electrons. The normalized spacial score (nSPS) is 10.3. The van der Waals surface area contributed by atoms with Gasteiger partial charge in [-0.3, -0.25) is 4.79 Å². The average molecular weight is 268 g/mol. The second-order valence-electron chi connectivity index (χ2n) is 4.90. The molecule has 0 unspecified atom stereocenters. The van der Waals surface area contributed by atoms with Crippen LogP contribution in [0.3, 0.4) is 0 Å². The molecule has 2 aromatic carbocycles. The highest BCUT2D eigenvalue weighted by atomic mass is 16.2. The molecule has 0 saturated carbocycles. The van der Waals surface area contributed by atoms with E-state index in [1.54, 1.807) is 4.90 Å². The minimum atomic E-state index is 0.0868. The van der Waals surface area contributed by atoms with E-state index in [4.69, 9.17) is 5.73 Å². The smallest absolute Gasteiger partial charge is 0.231 e. The van der Waals surface area contributed by atoms with Gasteiger partial charge in [-0.1, -0.05) is 35.9 Å². The first-order valence-electron chi connectivity index (χ1n) is 6.81. The second kappa shape index (κ2) is 6.24. The molecule has 0 aliphatic rings. The SMILES string of the molecule is CCN(C(=O)Cc1cccc(C)c1)c1cccc(N)c1. The number of aryl methyl sites for hydroxylation is 1. The van der Waals surface area contributed by atoms with E-state index in [0.29, 0.717) is 18.7 Å². The molecule has 0 spiro atoms. The fraction of sp³-hybridized carbons (Fsp3) is 0.235. The lowest BCUT2D eigenvalue weighted by molar-refractivity contribution is -0.117. The number of carbonyl (C=O) groups is 1. The van der Waals surface area contributed by atoms with E-state index in [2.05, 4.69) is 0 Å². The Morgan fingerprint density at radius 1 is 1.15 bits per heavy atom. The lowest BCUT2D eigenvalue weighted by atomic mass is 10.1. The molecule has 0 aromatic heterocycles. The summed E-state index contributed by atoms with van der Waals surface area (Å²) in [7, 11) is 0. The summed E-state index contributed by atoms with van der Waals surface area (Å²) in [5, 5.41) is 0. The number of rotatable bonds is 4. The maximum Gasteiger partial charge on any atom is 0.231 e. The zero-order valence-electron chi connectivity index (χ0n) is 12.0. The average Bonchev–Trinajstić information content (AvgIpc) is 2.39. The number of anilines is 2. The Bertz CT molecular complexity index is 607. The molecule has 0 atom stereocenters. The third-order valence-electron chi connectivity index (χ3n) is 3.24. The Morgan fingerprint density at radius 3 is 2.55 bits per heavy atom. The number of likely N-dealkylation sites (N-methyl/N-ethyl adjacent to an activating group) is 1. The predicted molar refractivity (Wildman–Crippen MR) is 83.8 cm³/mol. The Kier molecular flexibility index (Phi) is 4.41. The molecule has 3 heteroatoms. The van der Waals surface area contributed by atoms with Crippen molar-refractivity contribution in [1.82, 2.24) is 0 Å². The van der Waals surface area contributed by atoms with Crippen molar-refractivity contribution in [1.29, 1.82) is 0 Å². The zero-order chi connectivity index (χ0) is 14.5. The Balaban J connectivity index is 2.17. The van der Waals surface area contributed by atoms with Crippen LogP contribution in [0.5, 0.6) is 0 Å². The molecule has 1 amide bonds. The van der Waals surface area contributed by atoms with E-state index in [9.17, 15) is 4.79 Å². The Labute approximate surface area is 120 Å². The van der Waals surface area contributed by atoms with Crippen LogP contribution in [0, 0.1) is 6.92 Å². The first kappa shape index (κ1) is 14.1. The number of benzene rings is 2. The monoisotopic (exact) mass is 268 g/mol. The highest BCUT2D eigenvalue weighted by Crippen LogP contribution is 2.18.